The van der Waals surface area contributed by atoms with Gasteiger partial charge in [-0.3, -0.25) is 5.01 Å². The number of nitrogens with zero attached hydrogens (tertiary/aromatic N) is 3. The van der Waals surface area contributed by atoms with Crippen LogP contribution in [0.5, 0.6) is 0 Å². The molecule has 1 fully saturated rings. The molecule has 3 nitrogen and oxygen atoms in total. The van der Waals surface area contributed by atoms with Gasteiger partial charge in [0.25, 0.3) is 0 Å². The summed E-state index contributed by atoms with van der Waals surface area (Å²) in [6.45, 7) is 0. The second kappa shape index (κ2) is 12.9. The summed E-state index contributed by atoms with van der Waals surface area (Å²) >= 11 is 0. The molecule has 0 radical (unpaired) electrons. The summed E-state index contributed by atoms with van der Waals surface area (Å²) in [6.07, 6.45) is 15.9. The quantitative estimate of drug-likeness (QED) is 0.154. The van der Waals surface area contributed by atoms with E-state index in [1.54, 1.807) is 0 Å². The Balaban J connectivity index is 0.989. The molecule has 3 heteroatoms. The van der Waals surface area contributed by atoms with E-state index in [4.69, 9.17) is 4.99 Å². The molecule has 0 bridgehead atoms. The van der Waals surface area contributed by atoms with Crippen LogP contribution in [-0.4, -0.2) is 15.9 Å². The molecule has 55 heavy (non-hydrogen) atoms. The first-order valence-electron chi connectivity index (χ1n) is 19.7. The average molecular weight is 708 g/mol. The minimum Gasteiger partial charge on any atom is -0.261 e. The molecule has 2 aliphatic heterocycles. The number of hydrogen-bond acceptors (Lipinski definition) is 3. The lowest BCUT2D eigenvalue weighted by Crippen LogP contribution is -2.28. The fraction of sp³-hybridized carbons (Fsp3) is 0.135. The molecule has 6 aromatic carbocycles. The van der Waals surface area contributed by atoms with Crippen molar-refractivity contribution < 1.29 is 0 Å². The second-order valence-electron chi connectivity index (χ2n) is 15.2. The molecule has 2 heterocycles. The van der Waals surface area contributed by atoms with Crippen LogP contribution in [0.15, 0.2) is 199 Å². The third-order valence-corrected chi connectivity index (χ3v) is 12.2. The molecule has 3 aliphatic carbocycles. The largest absolute Gasteiger partial charge is 0.261 e. The van der Waals surface area contributed by atoms with E-state index in [-0.39, 0.29) is 12.3 Å². The summed E-state index contributed by atoms with van der Waals surface area (Å²) in [7, 11) is 0. The number of rotatable bonds is 7. The molecule has 3 unspecified atom stereocenters. The number of hydrogen-bond donors (Lipinski definition) is 0. The maximum atomic E-state index is 5.41. The summed E-state index contributed by atoms with van der Waals surface area (Å²) < 4.78 is 0. The van der Waals surface area contributed by atoms with E-state index >= 15 is 0 Å². The van der Waals surface area contributed by atoms with Gasteiger partial charge in [-0.2, -0.15) is 5.01 Å². The third-order valence-electron chi connectivity index (χ3n) is 12.2. The molecule has 6 aromatic rings. The van der Waals surface area contributed by atoms with E-state index in [1.165, 1.54) is 72.4 Å². The van der Waals surface area contributed by atoms with Gasteiger partial charge in [0.2, 0.25) is 0 Å². The fourth-order valence-electron chi connectivity index (χ4n) is 9.77. The van der Waals surface area contributed by atoms with Crippen LogP contribution in [-0.2, 0) is 5.41 Å². The number of fused-ring (bicyclic) bond motifs is 4. The molecule has 5 aliphatic rings. The number of hydrazine groups is 1. The van der Waals surface area contributed by atoms with Gasteiger partial charge in [0.15, 0.2) is 0 Å². The minimum absolute atomic E-state index is 0.0656. The number of amidine groups is 1. The van der Waals surface area contributed by atoms with Crippen molar-refractivity contribution in [2.45, 2.75) is 43.4 Å². The van der Waals surface area contributed by atoms with Gasteiger partial charge in [0, 0.05) is 0 Å². The summed E-state index contributed by atoms with van der Waals surface area (Å²) in [5, 5.41) is 4.87. The minimum atomic E-state index is -0.394. The van der Waals surface area contributed by atoms with Crippen molar-refractivity contribution in [3.8, 4) is 11.1 Å². The topological polar surface area (TPSA) is 18.4 Å². The standard InChI is InChI=1S/C52H41N3/c1-5-18-36(19-6-1)49-53-50(55-51(54(49)55)37-20-7-2-8-21-37)40-23-17-22-38(34-40)43-28-13-14-29-44(43)39-32-33-48-46(35-39)45-30-15-16-31-47(45)52(48,41-24-9-3-10-25-41)42-26-11-4-12-27-42/h1-5,7-12,15-18,20-35,50-51H,6,13-14,19H2. The van der Waals surface area contributed by atoms with Crippen LogP contribution in [0, 0.1) is 0 Å². The lowest BCUT2D eigenvalue weighted by molar-refractivity contribution is 0.341. The van der Waals surface area contributed by atoms with Crippen LogP contribution in [0.4, 0.5) is 0 Å². The van der Waals surface area contributed by atoms with Gasteiger partial charge in [-0.05, 0) is 110 Å². The zero-order valence-corrected chi connectivity index (χ0v) is 30.7. The summed E-state index contributed by atoms with van der Waals surface area (Å²) in [4.78, 5) is 5.41. The van der Waals surface area contributed by atoms with Crippen molar-refractivity contribution in [1.29, 1.82) is 0 Å². The Hall–Kier alpha value is -6.29. The zero-order chi connectivity index (χ0) is 36.3. The molecule has 0 N–H and O–H groups in total. The summed E-state index contributed by atoms with van der Waals surface area (Å²) in [5.74, 6) is 1.12. The first-order chi connectivity index (χ1) is 27.3. The second-order valence-corrected chi connectivity index (χ2v) is 15.2. The monoisotopic (exact) mass is 707 g/mol. The highest BCUT2D eigenvalue weighted by Crippen LogP contribution is 2.57. The van der Waals surface area contributed by atoms with Gasteiger partial charge >= 0.3 is 0 Å². The van der Waals surface area contributed by atoms with E-state index < -0.39 is 5.41 Å². The van der Waals surface area contributed by atoms with E-state index in [0.29, 0.717) is 0 Å². The highest BCUT2D eigenvalue weighted by Gasteiger charge is 2.57. The Kier molecular flexibility index (Phi) is 7.56. The molecular formula is C52H41N3. The van der Waals surface area contributed by atoms with Crippen LogP contribution < -0.4 is 0 Å². The highest BCUT2D eigenvalue weighted by atomic mass is 15.9. The molecule has 0 spiro atoms. The lowest BCUT2D eigenvalue weighted by atomic mass is 9.67. The molecule has 264 valence electrons. The van der Waals surface area contributed by atoms with E-state index in [9.17, 15) is 0 Å². The van der Waals surface area contributed by atoms with Gasteiger partial charge in [0.05, 0.1) is 5.41 Å². The van der Waals surface area contributed by atoms with Gasteiger partial charge in [-0.25, -0.2) is 4.99 Å². The van der Waals surface area contributed by atoms with Crippen molar-refractivity contribution in [2.75, 3.05) is 0 Å². The molecule has 1 saturated heterocycles. The van der Waals surface area contributed by atoms with Crippen LogP contribution in [0.2, 0.25) is 0 Å². The predicted octanol–water partition coefficient (Wildman–Crippen LogP) is 12.2. The van der Waals surface area contributed by atoms with Crippen molar-refractivity contribution in [2.24, 2.45) is 4.99 Å². The number of allylic oxidation sites excluding steroid dienone is 7. The van der Waals surface area contributed by atoms with Crippen molar-refractivity contribution in [3.05, 3.63) is 238 Å². The smallest absolute Gasteiger partial charge is 0.150 e. The Bertz CT molecular complexity index is 2570. The average Bonchev–Trinajstić information content (AvgIpc) is 3.75. The first-order valence-corrected chi connectivity index (χ1v) is 19.7. The van der Waals surface area contributed by atoms with Crippen LogP contribution >= 0.6 is 0 Å². The van der Waals surface area contributed by atoms with E-state index in [1.807, 2.05) is 0 Å². The van der Waals surface area contributed by atoms with Crippen LogP contribution in [0.3, 0.4) is 0 Å². The number of benzene rings is 6. The maximum absolute atomic E-state index is 5.41. The zero-order valence-electron chi connectivity index (χ0n) is 30.7. The molecular weight excluding hydrogens is 667 g/mol. The van der Waals surface area contributed by atoms with Crippen molar-refractivity contribution in [1.82, 2.24) is 10.0 Å². The fourth-order valence-corrected chi connectivity index (χ4v) is 9.77. The lowest BCUT2D eigenvalue weighted by Gasteiger charge is -2.34. The Labute approximate surface area is 323 Å². The van der Waals surface area contributed by atoms with Gasteiger partial charge < -0.3 is 0 Å². The number of aliphatic imine (C=N–C) groups is 1. The Morgan fingerprint density at radius 3 is 1.89 bits per heavy atom. The Morgan fingerprint density at radius 1 is 0.545 bits per heavy atom. The van der Waals surface area contributed by atoms with Crippen molar-refractivity contribution >= 4 is 17.0 Å². The van der Waals surface area contributed by atoms with Gasteiger partial charge in [-0.15, -0.1) is 0 Å². The van der Waals surface area contributed by atoms with E-state index in [0.717, 1.165) is 31.5 Å². The Morgan fingerprint density at radius 2 is 1.18 bits per heavy atom. The van der Waals surface area contributed by atoms with Crippen LogP contribution in [0.25, 0.3) is 22.3 Å². The molecule has 0 aromatic heterocycles. The predicted molar refractivity (Wildman–Crippen MR) is 225 cm³/mol. The van der Waals surface area contributed by atoms with Gasteiger partial charge in [-0.1, -0.05) is 176 Å². The summed E-state index contributed by atoms with van der Waals surface area (Å²) in [5.41, 5.74) is 16.5. The molecule has 11 rings (SSSR count). The summed E-state index contributed by atoms with van der Waals surface area (Å²) in [6, 6.07) is 58.5. The third kappa shape index (κ3) is 5.03. The molecule has 3 atom stereocenters. The van der Waals surface area contributed by atoms with Crippen molar-refractivity contribution in [3.63, 3.8) is 0 Å². The maximum Gasteiger partial charge on any atom is 0.150 e. The SMILES string of the molecule is C1=CCCC(C2=NC(c3cccc(C4=CCCC=C4c4ccc5c(c4)-c4ccccc4C5(c4ccccc4)c4ccccc4)c3)N3C(c4ccccc4)N23)=C1. The highest BCUT2D eigenvalue weighted by molar-refractivity contribution is 6.07. The molecule has 0 amide bonds. The van der Waals surface area contributed by atoms with E-state index in [2.05, 4.69) is 198 Å². The normalized spacial score (nSPS) is 21.5. The first kappa shape index (κ1) is 32.2. The van der Waals surface area contributed by atoms with Gasteiger partial charge in [0.1, 0.15) is 18.2 Å². The van der Waals surface area contributed by atoms with Crippen LogP contribution in [0.1, 0.15) is 82.5 Å². The molecule has 0 saturated carbocycles.